The van der Waals surface area contributed by atoms with Gasteiger partial charge in [0.2, 0.25) is 11.7 Å². The van der Waals surface area contributed by atoms with Gasteiger partial charge in [-0.15, -0.1) is 0 Å². The fourth-order valence-electron chi connectivity index (χ4n) is 4.21. The molecular formula is C23H26ClFN2O5. The van der Waals surface area contributed by atoms with Crippen molar-refractivity contribution in [2.45, 2.75) is 12.3 Å². The molecule has 2 aliphatic heterocycles. The van der Waals surface area contributed by atoms with Crippen molar-refractivity contribution in [2.75, 3.05) is 59.0 Å². The molecule has 4 rings (SSSR count). The number of rotatable bonds is 7. The number of nitrogens with one attached hydrogen (secondary N) is 1. The van der Waals surface area contributed by atoms with E-state index in [4.69, 9.17) is 30.5 Å². The van der Waals surface area contributed by atoms with Crippen LogP contribution in [0.5, 0.6) is 17.2 Å². The summed E-state index contributed by atoms with van der Waals surface area (Å²) in [5, 5.41) is 3.24. The number of carbonyl (C=O) groups is 1. The molecule has 2 heterocycles. The Hall–Kier alpha value is -2.55. The SMILES string of the molecule is COc1cc2c(c(OC)c1OCCN1CCOCC1)C(c1cc(Cl)ccc1F)CC(=O)N2. The standard InChI is InChI=1S/C23H26ClFN2O5/c1-29-19-13-18-21(16(12-20(28)26-18)15-11-14(24)3-4-17(15)25)23(30-2)22(19)32-10-7-27-5-8-31-9-6-27/h3-4,11,13,16H,5-10,12H2,1-2H3,(H,26,28). The molecule has 1 atom stereocenters. The smallest absolute Gasteiger partial charge is 0.225 e. The third-order valence-corrected chi connectivity index (χ3v) is 6.00. The van der Waals surface area contributed by atoms with Crippen LogP contribution < -0.4 is 19.5 Å². The number of hydrogen-bond acceptors (Lipinski definition) is 6. The lowest BCUT2D eigenvalue weighted by molar-refractivity contribution is -0.116. The Morgan fingerprint density at radius 2 is 1.97 bits per heavy atom. The first-order valence-electron chi connectivity index (χ1n) is 10.5. The zero-order valence-electron chi connectivity index (χ0n) is 18.1. The van der Waals surface area contributed by atoms with E-state index in [0.717, 1.165) is 19.6 Å². The van der Waals surface area contributed by atoms with Crippen LogP contribution in [0.3, 0.4) is 0 Å². The molecule has 7 nitrogen and oxygen atoms in total. The second-order valence-electron chi connectivity index (χ2n) is 7.68. The third-order valence-electron chi connectivity index (χ3n) is 5.77. The molecule has 1 amide bonds. The lowest BCUT2D eigenvalue weighted by Crippen LogP contribution is -2.38. The number of morpholine rings is 1. The minimum absolute atomic E-state index is 0.0557. The zero-order valence-corrected chi connectivity index (χ0v) is 18.8. The molecule has 0 aliphatic carbocycles. The first kappa shape index (κ1) is 22.6. The third kappa shape index (κ3) is 4.62. The molecule has 1 unspecified atom stereocenters. The quantitative estimate of drug-likeness (QED) is 0.674. The van der Waals surface area contributed by atoms with Gasteiger partial charge in [-0.3, -0.25) is 9.69 Å². The van der Waals surface area contributed by atoms with Crippen molar-refractivity contribution >= 4 is 23.2 Å². The van der Waals surface area contributed by atoms with Crippen LogP contribution in [-0.4, -0.2) is 64.5 Å². The Balaban J connectivity index is 1.72. The van der Waals surface area contributed by atoms with Crippen LogP contribution in [0.15, 0.2) is 24.3 Å². The second kappa shape index (κ2) is 9.94. The number of benzene rings is 2. The highest BCUT2D eigenvalue weighted by molar-refractivity contribution is 6.30. The predicted octanol–water partition coefficient (Wildman–Crippen LogP) is 3.68. The molecule has 2 aromatic carbocycles. The molecule has 1 fully saturated rings. The first-order chi connectivity index (χ1) is 15.5. The van der Waals surface area contributed by atoms with E-state index in [1.165, 1.54) is 26.4 Å². The molecule has 0 aromatic heterocycles. The van der Waals surface area contributed by atoms with Crippen LogP contribution in [0.4, 0.5) is 10.1 Å². The molecule has 0 radical (unpaired) electrons. The van der Waals surface area contributed by atoms with Crippen LogP contribution >= 0.6 is 11.6 Å². The predicted molar refractivity (Wildman–Crippen MR) is 119 cm³/mol. The Bertz CT molecular complexity index is 997. The Kier molecular flexibility index (Phi) is 7.03. The van der Waals surface area contributed by atoms with Crippen molar-refractivity contribution in [2.24, 2.45) is 0 Å². The van der Waals surface area contributed by atoms with E-state index in [9.17, 15) is 9.18 Å². The topological polar surface area (TPSA) is 69.3 Å². The Morgan fingerprint density at radius 1 is 1.19 bits per heavy atom. The minimum atomic E-state index is -0.583. The fraction of sp³-hybridized carbons (Fsp3) is 0.435. The van der Waals surface area contributed by atoms with E-state index in [2.05, 4.69) is 10.2 Å². The van der Waals surface area contributed by atoms with Gasteiger partial charge in [0.05, 0.1) is 33.1 Å². The highest BCUT2D eigenvalue weighted by Gasteiger charge is 2.35. The van der Waals surface area contributed by atoms with E-state index in [1.54, 1.807) is 12.1 Å². The molecule has 2 aromatic rings. The summed E-state index contributed by atoms with van der Waals surface area (Å²) in [6.07, 6.45) is 0.0557. The maximum atomic E-state index is 14.8. The highest BCUT2D eigenvalue weighted by Crippen LogP contribution is 2.51. The normalized spacial score (nSPS) is 18.6. The Morgan fingerprint density at radius 3 is 2.69 bits per heavy atom. The summed E-state index contributed by atoms with van der Waals surface area (Å²) in [5.74, 6) is 0.00552. The van der Waals surface area contributed by atoms with E-state index in [0.29, 0.717) is 58.9 Å². The van der Waals surface area contributed by atoms with Crippen molar-refractivity contribution in [3.63, 3.8) is 0 Å². The fourth-order valence-corrected chi connectivity index (χ4v) is 4.39. The van der Waals surface area contributed by atoms with Gasteiger partial charge in [0, 0.05) is 48.6 Å². The van der Waals surface area contributed by atoms with Gasteiger partial charge in [0.1, 0.15) is 12.4 Å². The van der Waals surface area contributed by atoms with Crippen LogP contribution in [0.2, 0.25) is 5.02 Å². The van der Waals surface area contributed by atoms with Crippen LogP contribution in [0, 0.1) is 5.82 Å². The van der Waals surface area contributed by atoms with Crippen molar-refractivity contribution in [1.29, 1.82) is 0 Å². The van der Waals surface area contributed by atoms with Gasteiger partial charge in [-0.2, -0.15) is 0 Å². The maximum absolute atomic E-state index is 14.8. The summed E-state index contributed by atoms with van der Waals surface area (Å²) in [6.45, 7) is 4.24. The summed E-state index contributed by atoms with van der Waals surface area (Å²) in [5.41, 5.74) is 1.46. The number of carbonyl (C=O) groups excluding carboxylic acids is 1. The molecule has 0 spiro atoms. The molecule has 1 N–H and O–H groups in total. The van der Waals surface area contributed by atoms with Gasteiger partial charge >= 0.3 is 0 Å². The molecular weight excluding hydrogens is 439 g/mol. The number of methoxy groups -OCH3 is 2. The zero-order chi connectivity index (χ0) is 22.7. The van der Waals surface area contributed by atoms with Crippen molar-refractivity contribution in [3.05, 3.63) is 46.2 Å². The van der Waals surface area contributed by atoms with Crippen molar-refractivity contribution in [1.82, 2.24) is 4.90 Å². The van der Waals surface area contributed by atoms with Gasteiger partial charge in [-0.25, -0.2) is 4.39 Å². The van der Waals surface area contributed by atoms with E-state index in [1.807, 2.05) is 0 Å². The van der Waals surface area contributed by atoms with Gasteiger partial charge in [-0.05, 0) is 23.8 Å². The summed E-state index contributed by atoms with van der Waals surface area (Å²) >= 11 is 6.14. The lowest BCUT2D eigenvalue weighted by Gasteiger charge is -2.30. The lowest BCUT2D eigenvalue weighted by atomic mass is 9.83. The molecule has 1 saturated heterocycles. The van der Waals surface area contributed by atoms with E-state index in [-0.39, 0.29) is 12.3 Å². The Labute approximate surface area is 191 Å². The number of ether oxygens (including phenoxy) is 4. The summed E-state index contributed by atoms with van der Waals surface area (Å²) < 4.78 is 37.5. The molecule has 9 heteroatoms. The number of anilines is 1. The molecule has 0 bridgehead atoms. The number of nitrogens with zero attached hydrogens (tertiary/aromatic N) is 1. The molecule has 0 saturated carbocycles. The number of fused-ring (bicyclic) bond motifs is 1. The minimum Gasteiger partial charge on any atom is -0.493 e. The maximum Gasteiger partial charge on any atom is 0.225 e. The van der Waals surface area contributed by atoms with Gasteiger partial charge in [0.15, 0.2) is 11.5 Å². The monoisotopic (exact) mass is 464 g/mol. The summed E-state index contributed by atoms with van der Waals surface area (Å²) in [7, 11) is 3.04. The van der Waals surface area contributed by atoms with Crippen LogP contribution in [0.1, 0.15) is 23.5 Å². The van der Waals surface area contributed by atoms with Crippen LogP contribution in [-0.2, 0) is 9.53 Å². The number of halogens is 2. The largest absolute Gasteiger partial charge is 0.493 e. The molecule has 172 valence electrons. The second-order valence-corrected chi connectivity index (χ2v) is 8.11. The highest BCUT2D eigenvalue weighted by atomic mass is 35.5. The van der Waals surface area contributed by atoms with Crippen LogP contribution in [0.25, 0.3) is 0 Å². The average molecular weight is 465 g/mol. The molecule has 32 heavy (non-hydrogen) atoms. The van der Waals surface area contributed by atoms with E-state index >= 15 is 0 Å². The number of hydrogen-bond donors (Lipinski definition) is 1. The number of amides is 1. The summed E-state index contributed by atoms with van der Waals surface area (Å²) in [4.78, 5) is 14.7. The van der Waals surface area contributed by atoms with Crippen molar-refractivity contribution in [3.8, 4) is 17.2 Å². The van der Waals surface area contributed by atoms with Gasteiger partial charge in [-0.1, -0.05) is 11.6 Å². The van der Waals surface area contributed by atoms with Gasteiger partial charge < -0.3 is 24.3 Å². The first-order valence-corrected chi connectivity index (χ1v) is 10.9. The molecule has 2 aliphatic rings. The van der Waals surface area contributed by atoms with Crippen molar-refractivity contribution < 1.29 is 28.1 Å². The van der Waals surface area contributed by atoms with E-state index < -0.39 is 11.7 Å². The summed E-state index contributed by atoms with van der Waals surface area (Å²) in [6, 6.07) is 6.02. The average Bonchev–Trinajstić information content (AvgIpc) is 2.80. The van der Waals surface area contributed by atoms with Gasteiger partial charge in [0.25, 0.3) is 0 Å².